The Kier molecular flexibility index (Phi) is 4.33. The molecule has 0 amide bonds. The summed E-state index contributed by atoms with van der Waals surface area (Å²) < 4.78 is 5.02. The summed E-state index contributed by atoms with van der Waals surface area (Å²) in [6, 6.07) is 7.36. The van der Waals surface area contributed by atoms with Gasteiger partial charge in [-0.15, -0.1) is 0 Å². The molecule has 84 valence electrons. The van der Waals surface area contributed by atoms with Gasteiger partial charge in [-0.2, -0.15) is 0 Å². The van der Waals surface area contributed by atoms with Crippen LogP contribution in [-0.4, -0.2) is 18.0 Å². The predicted molar refractivity (Wildman–Crippen MR) is 63.4 cm³/mol. The van der Waals surface area contributed by atoms with Crippen LogP contribution in [0.25, 0.3) is 6.08 Å². The summed E-state index contributed by atoms with van der Waals surface area (Å²) in [5.41, 5.74) is 0.921. The second-order valence-corrected chi connectivity index (χ2v) is 3.29. The topological polar surface area (TPSA) is 46.5 Å². The van der Waals surface area contributed by atoms with Gasteiger partial charge in [0.1, 0.15) is 11.5 Å². The van der Waals surface area contributed by atoms with Crippen LogP contribution in [0.5, 0.6) is 5.75 Å². The fourth-order valence-electron chi connectivity index (χ4n) is 1.15. The third kappa shape index (κ3) is 4.00. The minimum atomic E-state index is -0.183. The number of aliphatic hydroxyl groups excluding tert-OH is 1. The van der Waals surface area contributed by atoms with E-state index in [0.29, 0.717) is 0 Å². The third-order valence-electron chi connectivity index (χ3n) is 1.91. The van der Waals surface area contributed by atoms with Gasteiger partial charge >= 0.3 is 0 Å². The second kappa shape index (κ2) is 5.75. The van der Waals surface area contributed by atoms with Crippen molar-refractivity contribution >= 4 is 11.9 Å². The summed E-state index contributed by atoms with van der Waals surface area (Å²) in [6.45, 7) is 1.39. The van der Waals surface area contributed by atoms with E-state index in [-0.39, 0.29) is 11.5 Å². The van der Waals surface area contributed by atoms with E-state index in [1.54, 1.807) is 13.2 Å². The molecule has 0 spiro atoms. The highest BCUT2D eigenvalue weighted by atomic mass is 16.5. The van der Waals surface area contributed by atoms with Crippen molar-refractivity contribution in [3.63, 3.8) is 0 Å². The van der Waals surface area contributed by atoms with Crippen molar-refractivity contribution < 1.29 is 14.6 Å². The zero-order valence-corrected chi connectivity index (χ0v) is 9.31. The van der Waals surface area contributed by atoms with Crippen molar-refractivity contribution in [2.75, 3.05) is 7.11 Å². The van der Waals surface area contributed by atoms with E-state index < -0.39 is 0 Å². The third-order valence-corrected chi connectivity index (χ3v) is 1.91. The second-order valence-electron chi connectivity index (χ2n) is 3.29. The van der Waals surface area contributed by atoms with Crippen LogP contribution < -0.4 is 4.74 Å². The predicted octanol–water partition coefficient (Wildman–Crippen LogP) is 2.74. The highest BCUT2D eigenvalue weighted by molar-refractivity contribution is 5.88. The molecule has 0 saturated carbocycles. The van der Waals surface area contributed by atoms with Crippen molar-refractivity contribution in [1.29, 1.82) is 0 Å². The smallest absolute Gasteiger partial charge is 0.156 e. The highest BCUT2D eigenvalue weighted by Gasteiger charge is 1.92. The fraction of sp³-hybridized carbons (Fsp3) is 0.154. The van der Waals surface area contributed by atoms with Gasteiger partial charge in [0.15, 0.2) is 5.78 Å². The molecular formula is C13H14O3. The molecule has 0 bridgehead atoms. The van der Waals surface area contributed by atoms with E-state index in [1.165, 1.54) is 19.1 Å². The molecule has 0 atom stereocenters. The van der Waals surface area contributed by atoms with Crippen molar-refractivity contribution in [2.45, 2.75) is 6.92 Å². The number of ketones is 1. The van der Waals surface area contributed by atoms with Crippen LogP contribution in [0.2, 0.25) is 0 Å². The Morgan fingerprint density at radius 1 is 1.31 bits per heavy atom. The molecule has 0 unspecified atom stereocenters. The maximum absolute atomic E-state index is 10.7. The van der Waals surface area contributed by atoms with Gasteiger partial charge in [-0.05, 0) is 30.7 Å². The van der Waals surface area contributed by atoms with E-state index in [9.17, 15) is 9.90 Å². The minimum Gasteiger partial charge on any atom is -0.508 e. The monoisotopic (exact) mass is 218 g/mol. The Morgan fingerprint density at radius 2 is 1.94 bits per heavy atom. The summed E-state index contributed by atoms with van der Waals surface area (Å²) in [4.78, 5) is 10.7. The van der Waals surface area contributed by atoms with E-state index in [0.717, 1.165) is 11.3 Å². The van der Waals surface area contributed by atoms with Crippen LogP contribution in [0, 0.1) is 0 Å². The van der Waals surface area contributed by atoms with Crippen LogP contribution >= 0.6 is 0 Å². The molecule has 0 aliphatic carbocycles. The molecule has 0 aromatic heterocycles. The van der Waals surface area contributed by atoms with E-state index >= 15 is 0 Å². The molecule has 1 N–H and O–H groups in total. The summed E-state index contributed by atoms with van der Waals surface area (Å²) in [7, 11) is 1.60. The van der Waals surface area contributed by atoms with Gasteiger partial charge in [0.05, 0.1) is 7.11 Å². The largest absolute Gasteiger partial charge is 0.508 e. The summed E-state index contributed by atoms with van der Waals surface area (Å²) >= 11 is 0. The van der Waals surface area contributed by atoms with Gasteiger partial charge < -0.3 is 9.84 Å². The first kappa shape index (κ1) is 12.0. The lowest BCUT2D eigenvalue weighted by Gasteiger charge is -1.98. The van der Waals surface area contributed by atoms with Gasteiger partial charge in [0.25, 0.3) is 0 Å². The normalized spacial score (nSPS) is 11.8. The van der Waals surface area contributed by atoms with Crippen molar-refractivity contribution in [1.82, 2.24) is 0 Å². The number of benzene rings is 1. The number of aliphatic hydroxyl groups is 1. The molecule has 0 aliphatic rings. The zero-order chi connectivity index (χ0) is 12.0. The van der Waals surface area contributed by atoms with Crippen molar-refractivity contribution in [3.8, 4) is 5.75 Å². The molecule has 3 nitrogen and oxygen atoms in total. The summed E-state index contributed by atoms with van der Waals surface area (Å²) in [5, 5.41) is 9.31. The molecule has 1 aromatic rings. The molecule has 3 heteroatoms. The first-order valence-electron chi connectivity index (χ1n) is 4.85. The molecule has 0 saturated heterocycles. The number of hydrogen-bond donors (Lipinski definition) is 1. The highest BCUT2D eigenvalue weighted by Crippen LogP contribution is 2.12. The standard InChI is InChI=1S/C13H14O3/c1-10(14)9-12(15)6-3-11-4-7-13(16-2)8-5-11/h3-9,15H,1-2H3/b6-3+,12-9?. The average Bonchev–Trinajstić information content (AvgIpc) is 2.26. The maximum Gasteiger partial charge on any atom is 0.156 e. The molecule has 0 heterocycles. The molecular weight excluding hydrogens is 204 g/mol. The first-order chi connectivity index (χ1) is 7.61. The quantitative estimate of drug-likeness (QED) is 0.480. The number of ether oxygens (including phenoxy) is 1. The lowest BCUT2D eigenvalue weighted by Crippen LogP contribution is -1.85. The lowest BCUT2D eigenvalue weighted by atomic mass is 10.2. The molecule has 1 aromatic carbocycles. The molecule has 1 rings (SSSR count). The van der Waals surface area contributed by atoms with Gasteiger partial charge in [-0.1, -0.05) is 18.2 Å². The Balaban J connectivity index is 2.72. The lowest BCUT2D eigenvalue weighted by molar-refractivity contribution is -0.112. The van der Waals surface area contributed by atoms with Crippen LogP contribution in [0.3, 0.4) is 0 Å². The Labute approximate surface area is 94.7 Å². The molecule has 0 aliphatic heterocycles. The first-order valence-corrected chi connectivity index (χ1v) is 4.85. The van der Waals surface area contributed by atoms with Crippen LogP contribution in [-0.2, 0) is 4.79 Å². The Hall–Kier alpha value is -2.03. The number of allylic oxidation sites excluding steroid dienone is 2. The minimum absolute atomic E-state index is 0.0525. The number of carbonyl (C=O) groups is 1. The maximum atomic E-state index is 10.7. The van der Waals surface area contributed by atoms with Crippen LogP contribution in [0.1, 0.15) is 12.5 Å². The van der Waals surface area contributed by atoms with Gasteiger partial charge in [0, 0.05) is 6.08 Å². The molecule has 0 fully saturated rings. The molecule has 0 radical (unpaired) electrons. The van der Waals surface area contributed by atoms with E-state index in [1.807, 2.05) is 24.3 Å². The number of hydrogen-bond acceptors (Lipinski definition) is 3. The SMILES string of the molecule is COc1ccc(/C=C/C(O)=CC(C)=O)cc1. The van der Waals surface area contributed by atoms with Gasteiger partial charge in [0.2, 0.25) is 0 Å². The summed E-state index contributed by atoms with van der Waals surface area (Å²) in [6.07, 6.45) is 4.36. The van der Waals surface area contributed by atoms with E-state index in [2.05, 4.69) is 0 Å². The summed E-state index contributed by atoms with van der Waals surface area (Å²) in [5.74, 6) is 0.542. The van der Waals surface area contributed by atoms with Crippen molar-refractivity contribution in [3.05, 3.63) is 47.7 Å². The number of carbonyl (C=O) groups excluding carboxylic acids is 1. The number of rotatable bonds is 4. The van der Waals surface area contributed by atoms with Crippen LogP contribution in [0.4, 0.5) is 0 Å². The Morgan fingerprint density at radius 3 is 2.44 bits per heavy atom. The fourth-order valence-corrected chi connectivity index (χ4v) is 1.15. The van der Waals surface area contributed by atoms with Gasteiger partial charge in [-0.25, -0.2) is 0 Å². The van der Waals surface area contributed by atoms with Crippen LogP contribution in [0.15, 0.2) is 42.2 Å². The Bertz CT molecular complexity index is 413. The van der Waals surface area contributed by atoms with Crippen molar-refractivity contribution in [2.24, 2.45) is 0 Å². The number of methoxy groups -OCH3 is 1. The average molecular weight is 218 g/mol. The molecule has 16 heavy (non-hydrogen) atoms. The zero-order valence-electron chi connectivity index (χ0n) is 9.31. The van der Waals surface area contributed by atoms with E-state index in [4.69, 9.17) is 4.74 Å². The van der Waals surface area contributed by atoms with Gasteiger partial charge in [-0.3, -0.25) is 4.79 Å².